The number of amides is 1. The maximum absolute atomic E-state index is 12.4. The second-order valence-electron chi connectivity index (χ2n) is 8.71. The predicted molar refractivity (Wildman–Crippen MR) is 114 cm³/mol. The van der Waals surface area contributed by atoms with Crippen LogP contribution in [0.2, 0.25) is 0 Å². The van der Waals surface area contributed by atoms with E-state index < -0.39 is 16.1 Å². The Balaban J connectivity index is 1.33. The number of nitrogens with zero attached hydrogens (tertiary/aromatic N) is 1. The van der Waals surface area contributed by atoms with Gasteiger partial charge in [0.15, 0.2) is 0 Å². The Bertz CT molecular complexity index is 819. The summed E-state index contributed by atoms with van der Waals surface area (Å²) in [5.74, 6) is 0.571. The Morgan fingerprint density at radius 3 is 2.40 bits per heavy atom. The number of nitrogens with one attached hydrogen (secondary N) is 1. The van der Waals surface area contributed by atoms with Gasteiger partial charge in [-0.3, -0.25) is 0 Å². The highest BCUT2D eigenvalue weighted by Gasteiger charge is 2.44. The van der Waals surface area contributed by atoms with Gasteiger partial charge in [0.05, 0.1) is 31.1 Å². The summed E-state index contributed by atoms with van der Waals surface area (Å²) >= 11 is 0. The van der Waals surface area contributed by atoms with Gasteiger partial charge in [0.1, 0.15) is 0 Å². The standard InChI is InChI=1S/C22H32N2O5S/c1-28-22(25)24-14-13-20(23-30(26,27)19-11-12-19)21(24)15-29-18-9-7-17(8-10-18)16-5-3-2-4-6-16/h2-6,17-21,23H,7-15H2,1H3. The summed E-state index contributed by atoms with van der Waals surface area (Å²) in [6.07, 6.45) is 5.84. The Kier molecular flexibility index (Phi) is 6.65. The number of methoxy groups -OCH3 is 1. The zero-order valence-electron chi connectivity index (χ0n) is 17.5. The van der Waals surface area contributed by atoms with E-state index in [1.165, 1.54) is 12.7 Å². The maximum Gasteiger partial charge on any atom is 0.409 e. The lowest BCUT2D eigenvalue weighted by Gasteiger charge is -2.32. The molecule has 0 spiro atoms. The molecule has 2 saturated carbocycles. The lowest BCUT2D eigenvalue weighted by atomic mass is 9.83. The zero-order valence-corrected chi connectivity index (χ0v) is 18.4. The van der Waals surface area contributed by atoms with Crippen molar-refractivity contribution < 1.29 is 22.7 Å². The Hall–Kier alpha value is -1.64. The molecule has 2 unspecified atom stereocenters. The molecular weight excluding hydrogens is 404 g/mol. The van der Waals surface area contributed by atoms with Crippen LogP contribution in [0.25, 0.3) is 0 Å². The summed E-state index contributed by atoms with van der Waals surface area (Å²) in [6, 6.07) is 9.93. The largest absolute Gasteiger partial charge is 0.453 e. The van der Waals surface area contributed by atoms with E-state index in [4.69, 9.17) is 9.47 Å². The van der Waals surface area contributed by atoms with E-state index in [1.807, 2.05) is 6.07 Å². The first-order chi connectivity index (χ1) is 14.5. The first-order valence-corrected chi connectivity index (χ1v) is 12.5. The van der Waals surface area contributed by atoms with E-state index in [-0.39, 0.29) is 23.4 Å². The van der Waals surface area contributed by atoms with Crippen LogP contribution in [0.1, 0.15) is 56.4 Å². The summed E-state index contributed by atoms with van der Waals surface area (Å²) < 4.78 is 38.8. The average molecular weight is 437 g/mol. The fourth-order valence-electron chi connectivity index (χ4n) is 4.75. The van der Waals surface area contributed by atoms with Crippen molar-refractivity contribution in [2.24, 2.45) is 0 Å². The summed E-state index contributed by atoms with van der Waals surface area (Å²) in [4.78, 5) is 13.8. The van der Waals surface area contributed by atoms with Crippen LogP contribution in [-0.4, -0.2) is 63.1 Å². The molecule has 1 saturated heterocycles. The number of rotatable bonds is 7. The summed E-state index contributed by atoms with van der Waals surface area (Å²) in [6.45, 7) is 0.799. The zero-order chi connectivity index (χ0) is 21.1. The second-order valence-corrected chi connectivity index (χ2v) is 10.7. The molecule has 7 nitrogen and oxygen atoms in total. The van der Waals surface area contributed by atoms with E-state index >= 15 is 0 Å². The molecule has 3 fully saturated rings. The van der Waals surface area contributed by atoms with Crippen LogP contribution in [0.15, 0.2) is 30.3 Å². The molecule has 3 aliphatic rings. The summed E-state index contributed by atoms with van der Waals surface area (Å²) in [7, 11) is -1.97. The molecule has 166 valence electrons. The molecule has 0 radical (unpaired) electrons. The molecule has 1 aromatic carbocycles. The van der Waals surface area contributed by atoms with Crippen LogP contribution in [0.3, 0.4) is 0 Å². The smallest absolute Gasteiger partial charge is 0.409 e. The Labute approximate surface area is 179 Å². The van der Waals surface area contributed by atoms with E-state index in [0.29, 0.717) is 38.3 Å². The van der Waals surface area contributed by atoms with Gasteiger partial charge in [-0.25, -0.2) is 17.9 Å². The Morgan fingerprint density at radius 1 is 1.07 bits per heavy atom. The molecule has 1 N–H and O–H groups in total. The molecule has 2 atom stereocenters. The van der Waals surface area contributed by atoms with Crippen molar-refractivity contribution in [3.63, 3.8) is 0 Å². The minimum atomic E-state index is -3.32. The number of carbonyl (C=O) groups is 1. The van der Waals surface area contributed by atoms with Gasteiger partial charge >= 0.3 is 6.09 Å². The number of hydrogen-bond acceptors (Lipinski definition) is 5. The van der Waals surface area contributed by atoms with E-state index in [1.54, 1.807) is 4.90 Å². The number of sulfonamides is 1. The van der Waals surface area contributed by atoms with Crippen molar-refractivity contribution in [3.05, 3.63) is 35.9 Å². The number of carbonyl (C=O) groups excluding carboxylic acids is 1. The first-order valence-electron chi connectivity index (χ1n) is 11.0. The van der Waals surface area contributed by atoms with Crippen LogP contribution in [0.5, 0.6) is 0 Å². The second kappa shape index (κ2) is 9.24. The predicted octanol–water partition coefficient (Wildman–Crippen LogP) is 3.02. The third kappa shape index (κ3) is 4.98. The van der Waals surface area contributed by atoms with Crippen molar-refractivity contribution in [1.82, 2.24) is 9.62 Å². The van der Waals surface area contributed by atoms with E-state index in [0.717, 1.165) is 25.7 Å². The highest BCUT2D eigenvalue weighted by molar-refractivity contribution is 7.90. The number of benzene rings is 1. The van der Waals surface area contributed by atoms with Gasteiger partial charge < -0.3 is 14.4 Å². The molecule has 1 aromatic rings. The summed E-state index contributed by atoms with van der Waals surface area (Å²) in [5, 5.41) is -0.278. The molecule has 0 bridgehead atoms. The fourth-order valence-corrected chi connectivity index (χ4v) is 6.40. The minimum absolute atomic E-state index is 0.144. The molecule has 1 amide bonds. The van der Waals surface area contributed by atoms with Gasteiger partial charge in [-0.15, -0.1) is 0 Å². The van der Waals surface area contributed by atoms with Crippen molar-refractivity contribution >= 4 is 16.1 Å². The molecule has 8 heteroatoms. The number of likely N-dealkylation sites (tertiary alicyclic amines) is 1. The van der Waals surface area contributed by atoms with E-state index in [9.17, 15) is 13.2 Å². The van der Waals surface area contributed by atoms with E-state index in [2.05, 4.69) is 29.0 Å². The van der Waals surface area contributed by atoms with Gasteiger partial charge in [-0.2, -0.15) is 0 Å². The van der Waals surface area contributed by atoms with Crippen molar-refractivity contribution in [1.29, 1.82) is 0 Å². The third-order valence-corrected chi connectivity index (χ3v) is 8.66. The first kappa shape index (κ1) is 21.6. The molecule has 0 aromatic heterocycles. The highest BCUT2D eigenvalue weighted by Crippen LogP contribution is 2.34. The molecule has 4 rings (SSSR count). The van der Waals surface area contributed by atoms with Gasteiger partial charge in [0, 0.05) is 12.6 Å². The Morgan fingerprint density at radius 2 is 1.77 bits per heavy atom. The molecular formula is C22H32N2O5S. The lowest BCUT2D eigenvalue weighted by Crippen LogP contribution is -2.50. The maximum atomic E-state index is 12.4. The fraction of sp³-hybridized carbons (Fsp3) is 0.682. The SMILES string of the molecule is COC(=O)N1CCC(NS(=O)(=O)C2CC2)C1COC1CCC(c2ccccc2)CC1. The number of hydrogen-bond donors (Lipinski definition) is 1. The number of ether oxygens (including phenoxy) is 2. The quantitative estimate of drug-likeness (QED) is 0.710. The topological polar surface area (TPSA) is 84.9 Å². The van der Waals surface area contributed by atoms with Crippen LogP contribution in [-0.2, 0) is 19.5 Å². The van der Waals surface area contributed by atoms with Crippen LogP contribution < -0.4 is 4.72 Å². The third-order valence-electron chi connectivity index (χ3n) is 6.68. The molecule has 2 aliphatic carbocycles. The van der Waals surface area contributed by atoms with Gasteiger partial charge in [0.25, 0.3) is 0 Å². The normalized spacial score (nSPS) is 29.7. The van der Waals surface area contributed by atoms with Crippen molar-refractivity contribution in [2.45, 2.75) is 74.3 Å². The van der Waals surface area contributed by atoms with Crippen molar-refractivity contribution in [2.75, 3.05) is 20.3 Å². The van der Waals surface area contributed by atoms with Gasteiger partial charge in [0.2, 0.25) is 10.0 Å². The average Bonchev–Trinajstić information content (AvgIpc) is 3.56. The van der Waals surface area contributed by atoms with Crippen molar-refractivity contribution in [3.8, 4) is 0 Å². The molecule has 1 heterocycles. The van der Waals surface area contributed by atoms with Crippen LogP contribution in [0.4, 0.5) is 4.79 Å². The molecule has 30 heavy (non-hydrogen) atoms. The lowest BCUT2D eigenvalue weighted by molar-refractivity contribution is -0.00535. The summed E-state index contributed by atoms with van der Waals surface area (Å²) in [5.41, 5.74) is 1.39. The minimum Gasteiger partial charge on any atom is -0.453 e. The van der Waals surface area contributed by atoms with Gasteiger partial charge in [-0.05, 0) is 56.4 Å². The van der Waals surface area contributed by atoms with Gasteiger partial charge in [-0.1, -0.05) is 30.3 Å². The monoisotopic (exact) mass is 436 g/mol. The van der Waals surface area contributed by atoms with Crippen LogP contribution in [0, 0.1) is 0 Å². The highest BCUT2D eigenvalue weighted by atomic mass is 32.2. The van der Waals surface area contributed by atoms with Crippen LogP contribution >= 0.6 is 0 Å². The molecule has 1 aliphatic heterocycles.